The fraction of sp³-hybridized carbons (Fsp3) is 0.120. The van der Waals surface area contributed by atoms with Gasteiger partial charge in [0.1, 0.15) is 0 Å². The molecule has 0 radical (unpaired) electrons. The monoisotopic (exact) mass is 529 g/mol. The van der Waals surface area contributed by atoms with Gasteiger partial charge in [0, 0.05) is 21.8 Å². The summed E-state index contributed by atoms with van der Waals surface area (Å²) in [7, 11) is 0. The molecule has 0 unspecified atom stereocenters. The number of hydrazone groups is 1. The number of thioether (sulfide) groups is 1. The topological polar surface area (TPSA) is 72.2 Å². The lowest BCUT2D eigenvalue weighted by Crippen LogP contribution is -2.20. The molecule has 0 fully saturated rings. The molecule has 4 aromatic rings. The third-order valence-corrected chi connectivity index (χ3v) is 6.20. The second-order valence-electron chi connectivity index (χ2n) is 7.65. The summed E-state index contributed by atoms with van der Waals surface area (Å²) in [6.07, 6.45) is -3.56. The molecular weight excluding hydrogens is 511 g/mol. The van der Waals surface area contributed by atoms with Crippen LogP contribution in [0.25, 0.3) is 17.1 Å². The van der Waals surface area contributed by atoms with Gasteiger partial charge in [-0.05, 0) is 37.3 Å². The maximum Gasteiger partial charge on any atom is 0.417 e. The Morgan fingerprint density at radius 1 is 1.06 bits per heavy atom. The summed E-state index contributed by atoms with van der Waals surface area (Å²) < 4.78 is 41.1. The standard InChI is InChI=1S/C25H19ClF3N5OS/c1-16-6-8-17(9-7-16)23-32-33-24(34(23)20-12-10-19(26)11-13-20)36-15-22(35)31-30-14-18-4-2-3-5-21(18)25(27,28)29/h2-14H,15H2,1H3,(H,31,35)/b30-14+. The Hall–Kier alpha value is -3.63. The lowest BCUT2D eigenvalue weighted by molar-refractivity contribution is -0.137. The summed E-state index contributed by atoms with van der Waals surface area (Å²) in [5.41, 5.74) is 3.97. The molecule has 0 aliphatic rings. The molecule has 1 heterocycles. The van der Waals surface area contributed by atoms with Crippen LogP contribution >= 0.6 is 23.4 Å². The summed E-state index contributed by atoms with van der Waals surface area (Å²) in [5.74, 6) is -0.0111. The number of aromatic nitrogens is 3. The highest BCUT2D eigenvalue weighted by atomic mass is 35.5. The fourth-order valence-corrected chi connectivity index (χ4v) is 4.15. The third-order valence-electron chi connectivity index (χ3n) is 5.02. The van der Waals surface area contributed by atoms with E-state index < -0.39 is 17.6 Å². The number of carbonyl (C=O) groups is 1. The van der Waals surface area contributed by atoms with Crippen molar-refractivity contribution in [1.29, 1.82) is 0 Å². The highest BCUT2D eigenvalue weighted by Gasteiger charge is 2.32. The average molecular weight is 530 g/mol. The maximum absolute atomic E-state index is 13.1. The first-order valence-corrected chi connectivity index (χ1v) is 12.0. The van der Waals surface area contributed by atoms with E-state index in [4.69, 9.17) is 11.6 Å². The van der Waals surface area contributed by atoms with E-state index in [-0.39, 0.29) is 11.3 Å². The van der Waals surface area contributed by atoms with E-state index in [2.05, 4.69) is 20.7 Å². The van der Waals surface area contributed by atoms with Crippen molar-refractivity contribution in [2.24, 2.45) is 5.10 Å². The largest absolute Gasteiger partial charge is 0.417 e. The number of benzene rings is 3. The molecule has 1 N–H and O–H groups in total. The van der Waals surface area contributed by atoms with Crippen molar-refractivity contribution < 1.29 is 18.0 Å². The molecule has 0 bridgehead atoms. The third kappa shape index (κ3) is 6.13. The lowest BCUT2D eigenvalue weighted by Gasteiger charge is -2.11. The van der Waals surface area contributed by atoms with E-state index in [1.165, 1.54) is 18.2 Å². The zero-order valence-corrected chi connectivity index (χ0v) is 20.4. The highest BCUT2D eigenvalue weighted by Crippen LogP contribution is 2.31. The summed E-state index contributed by atoms with van der Waals surface area (Å²) in [6.45, 7) is 1.98. The van der Waals surface area contributed by atoms with Crippen LogP contribution in [-0.4, -0.2) is 32.6 Å². The zero-order valence-electron chi connectivity index (χ0n) is 18.8. The number of amides is 1. The minimum Gasteiger partial charge on any atom is -0.272 e. The van der Waals surface area contributed by atoms with Crippen LogP contribution in [0.4, 0.5) is 13.2 Å². The number of hydrogen-bond acceptors (Lipinski definition) is 5. The molecule has 11 heteroatoms. The quantitative estimate of drug-likeness (QED) is 0.177. The molecule has 4 rings (SSSR count). The molecule has 0 aliphatic carbocycles. The number of hydrogen-bond donors (Lipinski definition) is 1. The molecule has 0 aliphatic heterocycles. The van der Waals surface area contributed by atoms with Crippen LogP contribution in [0, 0.1) is 6.92 Å². The van der Waals surface area contributed by atoms with Crippen LogP contribution in [0.3, 0.4) is 0 Å². The van der Waals surface area contributed by atoms with Gasteiger partial charge in [0.15, 0.2) is 11.0 Å². The van der Waals surface area contributed by atoms with Crippen LogP contribution < -0.4 is 5.43 Å². The summed E-state index contributed by atoms with van der Waals surface area (Å²) in [4.78, 5) is 12.4. The van der Waals surface area contributed by atoms with Gasteiger partial charge < -0.3 is 0 Å². The van der Waals surface area contributed by atoms with Gasteiger partial charge >= 0.3 is 6.18 Å². The smallest absolute Gasteiger partial charge is 0.272 e. The summed E-state index contributed by atoms with van der Waals surface area (Å²) in [5, 5.41) is 13.3. The number of aryl methyl sites for hydroxylation is 1. The lowest BCUT2D eigenvalue weighted by atomic mass is 10.1. The minimum absolute atomic E-state index is 0.0854. The first-order chi connectivity index (χ1) is 17.2. The number of rotatable bonds is 7. The molecule has 36 heavy (non-hydrogen) atoms. The van der Waals surface area contributed by atoms with E-state index >= 15 is 0 Å². The van der Waals surface area contributed by atoms with Crippen molar-refractivity contribution in [1.82, 2.24) is 20.2 Å². The van der Waals surface area contributed by atoms with Gasteiger partial charge in [-0.1, -0.05) is 71.4 Å². The number of alkyl halides is 3. The van der Waals surface area contributed by atoms with Gasteiger partial charge in [-0.2, -0.15) is 18.3 Å². The van der Waals surface area contributed by atoms with Crippen molar-refractivity contribution in [2.75, 3.05) is 5.75 Å². The molecule has 1 aromatic heterocycles. The van der Waals surface area contributed by atoms with Crippen molar-refractivity contribution in [2.45, 2.75) is 18.3 Å². The average Bonchev–Trinajstić information content (AvgIpc) is 3.27. The van der Waals surface area contributed by atoms with Crippen molar-refractivity contribution in [3.63, 3.8) is 0 Å². The zero-order chi connectivity index (χ0) is 25.7. The fourth-order valence-electron chi connectivity index (χ4n) is 3.28. The Bertz CT molecular complexity index is 1390. The highest BCUT2D eigenvalue weighted by molar-refractivity contribution is 7.99. The minimum atomic E-state index is -4.52. The Kier molecular flexibility index (Phi) is 7.76. The Morgan fingerprint density at radius 3 is 2.44 bits per heavy atom. The van der Waals surface area contributed by atoms with Crippen LogP contribution in [0.5, 0.6) is 0 Å². The first kappa shape index (κ1) is 25.5. The number of nitrogens with one attached hydrogen (secondary N) is 1. The van der Waals surface area contributed by atoms with Crippen LogP contribution in [0.1, 0.15) is 16.7 Å². The first-order valence-electron chi connectivity index (χ1n) is 10.6. The summed E-state index contributed by atoms with van der Waals surface area (Å²) in [6, 6.07) is 19.9. The van der Waals surface area contributed by atoms with Gasteiger partial charge in [-0.15, -0.1) is 10.2 Å². The number of halogens is 4. The van der Waals surface area contributed by atoms with Crippen molar-refractivity contribution in [3.8, 4) is 17.1 Å². The molecule has 184 valence electrons. The van der Waals surface area contributed by atoms with E-state index in [0.29, 0.717) is 16.0 Å². The van der Waals surface area contributed by atoms with Gasteiger partial charge in [-0.3, -0.25) is 9.36 Å². The van der Waals surface area contributed by atoms with Gasteiger partial charge in [-0.25, -0.2) is 5.43 Å². The SMILES string of the molecule is Cc1ccc(-c2nnc(SCC(=O)N/N=C/c3ccccc3C(F)(F)F)n2-c2ccc(Cl)cc2)cc1. The molecule has 0 saturated carbocycles. The van der Waals surface area contributed by atoms with Crippen LogP contribution in [-0.2, 0) is 11.0 Å². The van der Waals surface area contributed by atoms with E-state index in [0.717, 1.165) is 40.9 Å². The van der Waals surface area contributed by atoms with Gasteiger partial charge in [0.05, 0.1) is 17.5 Å². The van der Waals surface area contributed by atoms with Crippen molar-refractivity contribution >= 4 is 35.5 Å². The van der Waals surface area contributed by atoms with Crippen molar-refractivity contribution in [3.05, 3.63) is 94.5 Å². The predicted molar refractivity (Wildman–Crippen MR) is 134 cm³/mol. The molecule has 0 saturated heterocycles. The van der Waals surface area contributed by atoms with E-state index in [1.54, 1.807) is 12.1 Å². The van der Waals surface area contributed by atoms with Gasteiger partial charge in [0.2, 0.25) is 0 Å². The normalized spacial score (nSPS) is 11.7. The predicted octanol–water partition coefficient (Wildman–Crippen LogP) is 6.16. The van der Waals surface area contributed by atoms with Crippen LogP contribution in [0.15, 0.2) is 83.1 Å². The van der Waals surface area contributed by atoms with Gasteiger partial charge in [0.25, 0.3) is 5.91 Å². The molecule has 1 amide bonds. The van der Waals surface area contributed by atoms with Crippen LogP contribution in [0.2, 0.25) is 5.02 Å². The Labute approximate surface area is 214 Å². The molecular formula is C25H19ClF3N5OS. The molecule has 6 nitrogen and oxygen atoms in total. The maximum atomic E-state index is 13.1. The van der Waals surface area contributed by atoms with E-state index in [1.807, 2.05) is 47.9 Å². The number of carbonyl (C=O) groups excluding carboxylic acids is 1. The summed E-state index contributed by atoms with van der Waals surface area (Å²) >= 11 is 7.16. The molecule has 0 atom stereocenters. The number of nitrogens with zero attached hydrogens (tertiary/aromatic N) is 4. The molecule has 3 aromatic carbocycles. The van der Waals surface area contributed by atoms with E-state index in [9.17, 15) is 18.0 Å². The second kappa shape index (κ2) is 11.0. The second-order valence-corrected chi connectivity index (χ2v) is 9.03. The molecule has 0 spiro atoms. The Balaban J connectivity index is 1.51. The Morgan fingerprint density at radius 2 is 1.75 bits per heavy atom.